The average molecular weight is 511 g/mol. The second kappa shape index (κ2) is 8.21. The number of halogens is 1. The van der Waals surface area contributed by atoms with Gasteiger partial charge in [0.05, 0.1) is 41.8 Å². The SMILES string of the molecule is COc1ccccc1C1c2c(C)nn(-c3cccc(Cl)c3)c2Oc2ncn3nc(-c4ccco4)nc3c21. The highest BCUT2D eigenvalue weighted by molar-refractivity contribution is 6.30. The first-order valence-electron chi connectivity index (χ1n) is 11.6. The molecule has 0 N–H and O–H groups in total. The molecule has 7 rings (SSSR count). The number of hydrogen-bond donors (Lipinski definition) is 0. The van der Waals surface area contributed by atoms with E-state index in [1.165, 1.54) is 0 Å². The van der Waals surface area contributed by atoms with E-state index in [0.717, 1.165) is 33.8 Å². The topological polar surface area (TPSA) is 92.5 Å². The molecule has 10 heteroatoms. The second-order valence-corrected chi connectivity index (χ2v) is 9.05. The van der Waals surface area contributed by atoms with E-state index >= 15 is 0 Å². The van der Waals surface area contributed by atoms with Crippen LogP contribution in [0.2, 0.25) is 5.02 Å². The summed E-state index contributed by atoms with van der Waals surface area (Å²) in [6.45, 7) is 1.96. The lowest BCUT2D eigenvalue weighted by atomic mass is 9.84. The number of furan rings is 1. The van der Waals surface area contributed by atoms with Crippen molar-refractivity contribution in [2.24, 2.45) is 0 Å². The van der Waals surface area contributed by atoms with E-state index in [2.05, 4.69) is 10.1 Å². The summed E-state index contributed by atoms with van der Waals surface area (Å²) < 4.78 is 21.2. The van der Waals surface area contributed by atoms with Crippen LogP contribution in [0.25, 0.3) is 22.9 Å². The maximum absolute atomic E-state index is 6.46. The smallest absolute Gasteiger partial charge is 0.230 e. The second-order valence-electron chi connectivity index (χ2n) is 8.62. The summed E-state index contributed by atoms with van der Waals surface area (Å²) >= 11 is 6.30. The number of para-hydroxylation sites is 1. The molecule has 0 bridgehead atoms. The fraction of sp³-hybridized carbons (Fsp3) is 0.111. The molecule has 1 atom stereocenters. The summed E-state index contributed by atoms with van der Waals surface area (Å²) in [5.41, 5.74) is 4.76. The van der Waals surface area contributed by atoms with Crippen LogP contribution in [0.5, 0.6) is 17.5 Å². The van der Waals surface area contributed by atoms with Gasteiger partial charge < -0.3 is 13.9 Å². The fourth-order valence-electron chi connectivity index (χ4n) is 4.89. The molecule has 1 aliphatic rings. The summed E-state index contributed by atoms with van der Waals surface area (Å²) in [4.78, 5) is 9.46. The van der Waals surface area contributed by atoms with Gasteiger partial charge in [-0.2, -0.15) is 5.10 Å². The zero-order valence-electron chi connectivity index (χ0n) is 19.8. The molecule has 0 amide bonds. The van der Waals surface area contributed by atoms with Crippen molar-refractivity contribution >= 4 is 17.2 Å². The molecule has 0 fully saturated rings. The largest absolute Gasteiger partial charge is 0.496 e. The van der Waals surface area contributed by atoms with Gasteiger partial charge in [0.1, 0.15) is 12.1 Å². The quantitative estimate of drug-likeness (QED) is 0.294. The summed E-state index contributed by atoms with van der Waals surface area (Å²) in [7, 11) is 1.66. The maximum Gasteiger partial charge on any atom is 0.230 e. The van der Waals surface area contributed by atoms with Crippen LogP contribution in [-0.2, 0) is 0 Å². The lowest BCUT2D eigenvalue weighted by Gasteiger charge is -2.27. The van der Waals surface area contributed by atoms with Crippen molar-refractivity contribution in [3.63, 3.8) is 0 Å². The Morgan fingerprint density at radius 2 is 1.89 bits per heavy atom. The number of rotatable bonds is 4. The van der Waals surface area contributed by atoms with Crippen molar-refractivity contribution in [2.75, 3.05) is 7.11 Å². The number of ether oxygens (including phenoxy) is 2. The van der Waals surface area contributed by atoms with Gasteiger partial charge in [0, 0.05) is 10.6 Å². The highest BCUT2D eigenvalue weighted by Gasteiger charge is 2.39. The minimum absolute atomic E-state index is 0.340. The number of aryl methyl sites for hydroxylation is 1. The predicted octanol–water partition coefficient (Wildman–Crippen LogP) is 5.83. The van der Waals surface area contributed by atoms with Crippen LogP contribution in [0.1, 0.15) is 28.3 Å². The van der Waals surface area contributed by atoms with Crippen LogP contribution in [0.15, 0.2) is 77.7 Å². The third-order valence-corrected chi connectivity index (χ3v) is 6.70. The summed E-state index contributed by atoms with van der Waals surface area (Å²) in [5.74, 6) is 2.38. The molecule has 0 saturated carbocycles. The molecule has 4 aromatic heterocycles. The molecule has 1 aliphatic heterocycles. The molecule has 6 aromatic rings. The van der Waals surface area contributed by atoms with Crippen LogP contribution < -0.4 is 9.47 Å². The van der Waals surface area contributed by atoms with Crippen molar-refractivity contribution in [1.29, 1.82) is 0 Å². The molecule has 0 spiro atoms. The first-order valence-corrected chi connectivity index (χ1v) is 12.0. The number of nitrogens with zero attached hydrogens (tertiary/aromatic N) is 6. The number of fused-ring (bicyclic) bond motifs is 4. The van der Waals surface area contributed by atoms with Gasteiger partial charge in [-0.15, -0.1) is 5.10 Å². The van der Waals surface area contributed by atoms with Crippen molar-refractivity contribution < 1.29 is 13.9 Å². The monoisotopic (exact) mass is 510 g/mol. The predicted molar refractivity (Wildman–Crippen MR) is 136 cm³/mol. The zero-order valence-corrected chi connectivity index (χ0v) is 20.5. The van der Waals surface area contributed by atoms with E-state index < -0.39 is 0 Å². The minimum atomic E-state index is -0.340. The molecule has 37 heavy (non-hydrogen) atoms. The molecule has 9 nitrogen and oxygen atoms in total. The lowest BCUT2D eigenvalue weighted by Crippen LogP contribution is -2.16. The summed E-state index contributed by atoms with van der Waals surface area (Å²) in [6.07, 6.45) is 3.18. The molecular formula is C27H19ClN6O3. The van der Waals surface area contributed by atoms with Crippen molar-refractivity contribution in [1.82, 2.24) is 29.4 Å². The molecule has 0 saturated heterocycles. The highest BCUT2D eigenvalue weighted by Crippen LogP contribution is 2.51. The molecule has 0 radical (unpaired) electrons. The van der Waals surface area contributed by atoms with E-state index in [-0.39, 0.29) is 5.92 Å². The number of benzene rings is 2. The number of methoxy groups -OCH3 is 1. The summed E-state index contributed by atoms with van der Waals surface area (Å²) in [6, 6.07) is 19.0. The minimum Gasteiger partial charge on any atom is -0.496 e. The first-order chi connectivity index (χ1) is 18.1. The number of hydrogen-bond acceptors (Lipinski definition) is 7. The van der Waals surface area contributed by atoms with Crippen LogP contribution in [-0.4, -0.2) is 36.5 Å². The van der Waals surface area contributed by atoms with Crippen molar-refractivity contribution in [2.45, 2.75) is 12.8 Å². The Labute approximate surface area is 215 Å². The van der Waals surface area contributed by atoms with E-state index in [0.29, 0.717) is 34.0 Å². The van der Waals surface area contributed by atoms with Gasteiger partial charge in [0.15, 0.2) is 11.4 Å². The maximum atomic E-state index is 6.46. The van der Waals surface area contributed by atoms with Crippen LogP contribution in [0.4, 0.5) is 0 Å². The Morgan fingerprint density at radius 3 is 2.70 bits per heavy atom. The first kappa shape index (κ1) is 21.6. The Balaban J connectivity index is 1.53. The van der Waals surface area contributed by atoms with E-state index in [1.54, 1.807) is 35.0 Å². The Hall–Kier alpha value is -4.63. The summed E-state index contributed by atoms with van der Waals surface area (Å²) in [5, 5.41) is 10.1. The molecule has 0 aliphatic carbocycles. The fourth-order valence-corrected chi connectivity index (χ4v) is 5.07. The highest BCUT2D eigenvalue weighted by atomic mass is 35.5. The Bertz CT molecular complexity index is 1790. The van der Waals surface area contributed by atoms with Gasteiger partial charge in [0.2, 0.25) is 17.6 Å². The van der Waals surface area contributed by atoms with Gasteiger partial charge in [-0.05, 0) is 43.3 Å². The van der Waals surface area contributed by atoms with Crippen LogP contribution in [0.3, 0.4) is 0 Å². The van der Waals surface area contributed by atoms with Gasteiger partial charge in [-0.1, -0.05) is 35.9 Å². The third kappa shape index (κ3) is 3.31. The third-order valence-electron chi connectivity index (χ3n) is 6.46. The van der Waals surface area contributed by atoms with Crippen molar-refractivity contribution in [3.05, 3.63) is 101 Å². The molecular weight excluding hydrogens is 492 g/mol. The number of aromatic nitrogens is 6. The van der Waals surface area contributed by atoms with E-state index in [4.69, 9.17) is 35.6 Å². The van der Waals surface area contributed by atoms with Crippen LogP contribution in [0, 0.1) is 6.92 Å². The molecule has 5 heterocycles. The molecule has 1 unspecified atom stereocenters. The lowest BCUT2D eigenvalue weighted by molar-refractivity contribution is 0.393. The molecule has 2 aromatic carbocycles. The van der Waals surface area contributed by atoms with E-state index in [9.17, 15) is 0 Å². The average Bonchev–Trinajstić information content (AvgIpc) is 3.66. The van der Waals surface area contributed by atoms with E-state index in [1.807, 2.05) is 61.5 Å². The zero-order chi connectivity index (χ0) is 25.1. The van der Waals surface area contributed by atoms with Gasteiger partial charge in [-0.3, -0.25) is 0 Å². The Kier molecular flexibility index (Phi) is 4.80. The van der Waals surface area contributed by atoms with Gasteiger partial charge in [-0.25, -0.2) is 19.2 Å². The van der Waals surface area contributed by atoms with Gasteiger partial charge in [0.25, 0.3) is 0 Å². The van der Waals surface area contributed by atoms with Crippen molar-refractivity contribution in [3.8, 4) is 34.8 Å². The standard InChI is InChI=1S/C27H19ClN6O3/c1-15-21-22(18-9-3-4-10-19(18)35-2)23-25-30-24(20-11-6-12-36-20)32-33(25)14-29-26(23)37-27(21)34(31-15)17-8-5-7-16(28)13-17/h3-14,22H,1-2H3. The van der Waals surface area contributed by atoms with Crippen LogP contribution >= 0.6 is 11.6 Å². The normalized spacial score (nSPS) is 14.3. The van der Waals surface area contributed by atoms with Gasteiger partial charge >= 0.3 is 0 Å². The molecule has 182 valence electrons. The Morgan fingerprint density at radius 1 is 1.00 bits per heavy atom.